The van der Waals surface area contributed by atoms with Gasteiger partial charge in [-0.1, -0.05) is 19.9 Å². The first kappa shape index (κ1) is 22.9. The van der Waals surface area contributed by atoms with Crippen LogP contribution in [0, 0.1) is 5.92 Å². The van der Waals surface area contributed by atoms with Crippen molar-refractivity contribution in [3.8, 4) is 5.75 Å². The summed E-state index contributed by atoms with van der Waals surface area (Å²) in [6, 6.07) is 10.5. The average molecular weight is 441 g/mol. The zero-order valence-electron chi connectivity index (χ0n) is 16.5. The Morgan fingerprint density at radius 1 is 0.966 bits per heavy atom. The van der Waals surface area contributed by atoms with Crippen LogP contribution in [-0.4, -0.2) is 42.2 Å². The SMILES string of the molecule is COc1ccc(S(=O)(=O)N[C@H](C(=O)Nc2cccc(S(C)(=O)=O)c2)C(C)C)cc1. The Morgan fingerprint density at radius 2 is 1.59 bits per heavy atom. The van der Waals surface area contributed by atoms with Crippen molar-refractivity contribution >= 4 is 31.5 Å². The molecule has 0 spiro atoms. The van der Waals surface area contributed by atoms with Gasteiger partial charge in [0.1, 0.15) is 11.8 Å². The molecule has 0 unspecified atom stereocenters. The number of hydrogen-bond acceptors (Lipinski definition) is 6. The Balaban J connectivity index is 2.23. The Bertz CT molecular complexity index is 1080. The topological polar surface area (TPSA) is 119 Å². The molecule has 0 saturated heterocycles. The summed E-state index contributed by atoms with van der Waals surface area (Å²) in [5, 5.41) is 2.58. The van der Waals surface area contributed by atoms with E-state index in [9.17, 15) is 21.6 Å². The number of carbonyl (C=O) groups is 1. The van der Waals surface area contributed by atoms with Gasteiger partial charge in [0.2, 0.25) is 15.9 Å². The second-order valence-corrected chi connectivity index (χ2v) is 10.5. The molecule has 0 fully saturated rings. The number of sulfonamides is 1. The molecule has 0 radical (unpaired) electrons. The molecule has 0 aliphatic carbocycles. The summed E-state index contributed by atoms with van der Waals surface area (Å²) < 4.78 is 56.2. The number of methoxy groups -OCH3 is 1. The van der Waals surface area contributed by atoms with Crippen molar-refractivity contribution in [2.45, 2.75) is 29.7 Å². The van der Waals surface area contributed by atoms with Gasteiger partial charge in [0.15, 0.2) is 9.84 Å². The molecule has 10 heteroatoms. The van der Waals surface area contributed by atoms with Crippen LogP contribution in [0.2, 0.25) is 0 Å². The van der Waals surface area contributed by atoms with Gasteiger partial charge in [0.25, 0.3) is 0 Å². The summed E-state index contributed by atoms with van der Waals surface area (Å²) in [6.07, 6.45) is 1.06. The molecule has 0 aromatic heterocycles. The van der Waals surface area contributed by atoms with Gasteiger partial charge < -0.3 is 10.1 Å². The van der Waals surface area contributed by atoms with Crippen molar-refractivity contribution in [3.63, 3.8) is 0 Å². The number of nitrogens with one attached hydrogen (secondary N) is 2. The van der Waals surface area contributed by atoms with E-state index >= 15 is 0 Å². The predicted molar refractivity (Wildman–Crippen MR) is 110 cm³/mol. The molecule has 1 atom stereocenters. The third-order valence-corrected chi connectivity index (χ3v) is 6.70. The summed E-state index contributed by atoms with van der Waals surface area (Å²) in [6.45, 7) is 3.40. The van der Waals surface area contributed by atoms with Gasteiger partial charge >= 0.3 is 0 Å². The third-order valence-electron chi connectivity index (χ3n) is 4.13. The summed E-state index contributed by atoms with van der Waals surface area (Å²) in [4.78, 5) is 12.8. The Morgan fingerprint density at radius 3 is 2.10 bits per heavy atom. The molecule has 8 nitrogen and oxygen atoms in total. The number of ether oxygens (including phenoxy) is 1. The van der Waals surface area contributed by atoms with E-state index in [-0.39, 0.29) is 21.4 Å². The van der Waals surface area contributed by atoms with E-state index in [4.69, 9.17) is 4.74 Å². The highest BCUT2D eigenvalue weighted by atomic mass is 32.2. The van der Waals surface area contributed by atoms with E-state index in [1.165, 1.54) is 55.6 Å². The van der Waals surface area contributed by atoms with Crippen LogP contribution in [0.5, 0.6) is 5.75 Å². The van der Waals surface area contributed by atoms with Gasteiger partial charge in [-0.05, 0) is 48.4 Å². The van der Waals surface area contributed by atoms with Crippen molar-refractivity contribution in [3.05, 3.63) is 48.5 Å². The van der Waals surface area contributed by atoms with E-state index in [1.54, 1.807) is 13.8 Å². The van der Waals surface area contributed by atoms with Gasteiger partial charge in [0, 0.05) is 11.9 Å². The summed E-state index contributed by atoms with van der Waals surface area (Å²) in [7, 11) is -5.93. The second kappa shape index (κ2) is 8.93. The van der Waals surface area contributed by atoms with Crippen molar-refractivity contribution in [1.82, 2.24) is 4.72 Å². The molecule has 0 heterocycles. The minimum absolute atomic E-state index is 0.00387. The van der Waals surface area contributed by atoms with Crippen LogP contribution in [-0.2, 0) is 24.7 Å². The molecule has 2 N–H and O–H groups in total. The quantitative estimate of drug-likeness (QED) is 0.648. The second-order valence-electron chi connectivity index (χ2n) is 6.81. The fourth-order valence-electron chi connectivity index (χ4n) is 2.51. The van der Waals surface area contributed by atoms with Crippen LogP contribution < -0.4 is 14.8 Å². The first-order valence-corrected chi connectivity index (χ1v) is 12.1. The Labute approximate surface area is 171 Å². The van der Waals surface area contributed by atoms with E-state index in [0.29, 0.717) is 5.75 Å². The lowest BCUT2D eigenvalue weighted by Crippen LogP contribution is -2.47. The zero-order chi connectivity index (χ0) is 21.8. The monoisotopic (exact) mass is 440 g/mol. The number of hydrogen-bond donors (Lipinski definition) is 2. The molecule has 0 saturated carbocycles. The zero-order valence-corrected chi connectivity index (χ0v) is 18.2. The summed E-state index contributed by atoms with van der Waals surface area (Å²) in [5.74, 6) is -0.447. The Hall–Kier alpha value is -2.43. The molecular weight excluding hydrogens is 416 g/mol. The Kier molecular flexibility index (Phi) is 7.04. The summed E-state index contributed by atoms with van der Waals surface area (Å²) >= 11 is 0. The number of carbonyl (C=O) groups excluding carboxylic acids is 1. The van der Waals surface area contributed by atoms with Crippen LogP contribution in [0.4, 0.5) is 5.69 Å². The molecule has 0 aliphatic heterocycles. The molecule has 2 aromatic rings. The maximum absolute atomic E-state index is 12.7. The fourth-order valence-corrected chi connectivity index (χ4v) is 4.52. The van der Waals surface area contributed by atoms with Gasteiger partial charge in [-0.15, -0.1) is 0 Å². The molecule has 0 aliphatic rings. The average Bonchev–Trinajstić information content (AvgIpc) is 2.65. The molecule has 158 valence electrons. The fraction of sp³-hybridized carbons (Fsp3) is 0.316. The van der Waals surface area contributed by atoms with Crippen LogP contribution in [0.3, 0.4) is 0 Å². The maximum Gasteiger partial charge on any atom is 0.242 e. The van der Waals surface area contributed by atoms with Crippen molar-refractivity contribution in [2.24, 2.45) is 5.92 Å². The maximum atomic E-state index is 12.7. The first-order valence-electron chi connectivity index (χ1n) is 8.71. The van der Waals surface area contributed by atoms with Crippen LogP contribution in [0.25, 0.3) is 0 Å². The van der Waals surface area contributed by atoms with Crippen LogP contribution in [0.1, 0.15) is 13.8 Å². The number of rotatable bonds is 8. The number of sulfone groups is 1. The molecule has 2 aromatic carbocycles. The van der Waals surface area contributed by atoms with Crippen molar-refractivity contribution in [2.75, 3.05) is 18.7 Å². The third kappa shape index (κ3) is 6.02. The standard InChI is InChI=1S/C19H24N2O6S2/c1-13(2)18(21-29(25,26)16-10-8-15(27-3)9-11-16)19(22)20-14-6-5-7-17(12-14)28(4,23)24/h5-13,18,21H,1-4H3,(H,20,22)/t18-/m0/s1. The van der Waals surface area contributed by atoms with Gasteiger partial charge in [-0.2, -0.15) is 4.72 Å². The number of amides is 1. The summed E-state index contributed by atoms with van der Waals surface area (Å²) in [5.41, 5.74) is 0.257. The van der Waals surface area contributed by atoms with E-state index < -0.39 is 31.8 Å². The van der Waals surface area contributed by atoms with E-state index in [2.05, 4.69) is 10.0 Å². The smallest absolute Gasteiger partial charge is 0.242 e. The molecule has 1 amide bonds. The highest BCUT2D eigenvalue weighted by molar-refractivity contribution is 7.90. The predicted octanol–water partition coefficient (Wildman–Crippen LogP) is 2.04. The lowest BCUT2D eigenvalue weighted by Gasteiger charge is -2.22. The van der Waals surface area contributed by atoms with Crippen LogP contribution in [0.15, 0.2) is 58.3 Å². The van der Waals surface area contributed by atoms with Gasteiger partial charge in [-0.3, -0.25) is 4.79 Å². The lowest BCUT2D eigenvalue weighted by molar-refractivity contribution is -0.118. The molecule has 29 heavy (non-hydrogen) atoms. The molecular formula is C19H24N2O6S2. The van der Waals surface area contributed by atoms with Crippen molar-refractivity contribution in [1.29, 1.82) is 0 Å². The van der Waals surface area contributed by atoms with E-state index in [0.717, 1.165) is 6.26 Å². The lowest BCUT2D eigenvalue weighted by atomic mass is 10.0. The molecule has 2 rings (SSSR count). The van der Waals surface area contributed by atoms with Gasteiger partial charge in [0.05, 0.1) is 16.9 Å². The molecule has 0 bridgehead atoms. The minimum atomic E-state index is -3.96. The highest BCUT2D eigenvalue weighted by Gasteiger charge is 2.28. The van der Waals surface area contributed by atoms with Crippen molar-refractivity contribution < 1.29 is 26.4 Å². The number of benzene rings is 2. The minimum Gasteiger partial charge on any atom is -0.497 e. The largest absolute Gasteiger partial charge is 0.497 e. The number of anilines is 1. The highest BCUT2D eigenvalue weighted by Crippen LogP contribution is 2.19. The van der Waals surface area contributed by atoms with Crippen LogP contribution >= 0.6 is 0 Å². The van der Waals surface area contributed by atoms with E-state index in [1.807, 2.05) is 0 Å². The normalized spacial score (nSPS) is 13.1. The van der Waals surface area contributed by atoms with Gasteiger partial charge in [-0.25, -0.2) is 16.8 Å². The first-order chi connectivity index (χ1) is 13.4.